The maximum atomic E-state index is 2.51. The van der Waals surface area contributed by atoms with Gasteiger partial charge >= 0.3 is 0 Å². The van der Waals surface area contributed by atoms with Gasteiger partial charge in [0.25, 0.3) is 0 Å². The molecule has 1 fully saturated rings. The number of benzene rings is 2. The molecule has 4 rings (SSSR count). The first-order chi connectivity index (χ1) is 12.3. The van der Waals surface area contributed by atoms with E-state index >= 15 is 0 Å². The summed E-state index contributed by atoms with van der Waals surface area (Å²) < 4.78 is 0. The van der Waals surface area contributed by atoms with E-state index in [1.807, 2.05) is 0 Å². The summed E-state index contributed by atoms with van der Waals surface area (Å²) in [6.07, 6.45) is 10.1. The fourth-order valence-electron chi connectivity index (χ4n) is 4.28. The molecule has 0 amide bonds. The Labute approximate surface area is 154 Å². The molecule has 0 bridgehead atoms. The van der Waals surface area contributed by atoms with Gasteiger partial charge in [0.2, 0.25) is 0 Å². The Morgan fingerprint density at radius 1 is 0.800 bits per heavy atom. The largest absolute Gasteiger partial charge is 0.0892 e. The zero-order valence-electron chi connectivity index (χ0n) is 15.0. The predicted octanol–water partition coefficient (Wildman–Crippen LogP) is 5.99. The highest BCUT2D eigenvalue weighted by molar-refractivity contribution is 7.78. The Balaban J connectivity index is 1.75. The Bertz CT molecular complexity index is 714. The molecule has 0 aromatic heterocycles. The predicted molar refractivity (Wildman–Crippen MR) is 115 cm³/mol. The minimum absolute atomic E-state index is 0.0399. The Hall–Kier alpha value is -1.22. The van der Waals surface area contributed by atoms with Gasteiger partial charge in [0.1, 0.15) is 0 Å². The van der Waals surface area contributed by atoms with E-state index in [0.717, 1.165) is 11.3 Å². The fraction of sp³-hybridized carbons (Fsp3) is 0.304. The summed E-state index contributed by atoms with van der Waals surface area (Å²) >= 11 is 0. The van der Waals surface area contributed by atoms with E-state index in [0.29, 0.717) is 5.66 Å². The second-order valence-corrected chi connectivity index (χ2v) is 12.6. The zero-order valence-corrected chi connectivity index (χ0v) is 16.8. The molecule has 0 radical (unpaired) electrons. The van der Waals surface area contributed by atoms with Gasteiger partial charge in [-0.3, -0.25) is 0 Å². The molecule has 0 N–H and O–H groups in total. The number of allylic oxidation sites excluding steroid dienone is 4. The van der Waals surface area contributed by atoms with Gasteiger partial charge in [-0.25, -0.2) is 0 Å². The third-order valence-electron chi connectivity index (χ3n) is 5.49. The fourth-order valence-corrected chi connectivity index (χ4v) is 11.0. The van der Waals surface area contributed by atoms with Gasteiger partial charge in [-0.15, -0.1) is 0 Å². The molecule has 1 heterocycles. The van der Waals surface area contributed by atoms with Crippen LogP contribution < -0.4 is 10.6 Å². The first-order valence-electron chi connectivity index (χ1n) is 9.32. The molecule has 128 valence electrons. The SMILES string of the molecule is C[C@H]1CC[C@H](C)P1C1C=CC=C1P(c1ccccc1)c1ccccc1. The van der Waals surface area contributed by atoms with Crippen molar-refractivity contribution in [3.8, 4) is 0 Å². The molecule has 0 spiro atoms. The van der Waals surface area contributed by atoms with Crippen molar-refractivity contribution >= 4 is 26.5 Å². The van der Waals surface area contributed by atoms with Gasteiger partial charge < -0.3 is 0 Å². The van der Waals surface area contributed by atoms with Gasteiger partial charge in [-0.05, 0) is 48.0 Å². The molecule has 1 aliphatic carbocycles. The van der Waals surface area contributed by atoms with Crippen LogP contribution in [0.3, 0.4) is 0 Å². The van der Waals surface area contributed by atoms with Crippen LogP contribution in [0.25, 0.3) is 0 Å². The molecule has 2 aromatic carbocycles. The van der Waals surface area contributed by atoms with Gasteiger partial charge in [-0.2, -0.15) is 0 Å². The average molecular weight is 364 g/mol. The van der Waals surface area contributed by atoms with Crippen molar-refractivity contribution in [2.45, 2.75) is 43.7 Å². The van der Waals surface area contributed by atoms with Crippen LogP contribution in [-0.2, 0) is 0 Å². The highest BCUT2D eigenvalue weighted by Crippen LogP contribution is 2.65. The standard InChI is InChI=1S/C23H26P2/c1-18-16-17-19(2)24(18)22-14-9-15-23(22)25(20-10-5-3-6-11-20)21-12-7-4-8-13-21/h3-15,18-19,22H,16-17H2,1-2H3/t18-,19-,22?/m0/s1. The van der Waals surface area contributed by atoms with Crippen molar-refractivity contribution in [1.29, 1.82) is 0 Å². The first kappa shape index (κ1) is 17.2. The van der Waals surface area contributed by atoms with Crippen LogP contribution >= 0.6 is 15.8 Å². The molecule has 3 atom stereocenters. The molecule has 1 aliphatic heterocycles. The molecule has 0 nitrogen and oxygen atoms in total. The van der Waals surface area contributed by atoms with Crippen LogP contribution in [0.5, 0.6) is 0 Å². The van der Waals surface area contributed by atoms with E-state index in [4.69, 9.17) is 0 Å². The van der Waals surface area contributed by atoms with Gasteiger partial charge in [-0.1, -0.05) is 101 Å². The summed E-state index contributed by atoms with van der Waals surface area (Å²) in [7, 11) is -0.391. The average Bonchev–Trinajstić information content (AvgIpc) is 3.23. The third kappa shape index (κ3) is 3.40. The van der Waals surface area contributed by atoms with Crippen molar-refractivity contribution in [1.82, 2.24) is 0 Å². The van der Waals surface area contributed by atoms with Gasteiger partial charge in [0.15, 0.2) is 0 Å². The summed E-state index contributed by atoms with van der Waals surface area (Å²) in [6.45, 7) is 4.98. The molecular formula is C23H26P2. The van der Waals surface area contributed by atoms with Crippen LogP contribution in [0.15, 0.2) is 84.2 Å². The van der Waals surface area contributed by atoms with Crippen LogP contribution in [0, 0.1) is 0 Å². The van der Waals surface area contributed by atoms with Crippen LogP contribution in [-0.4, -0.2) is 17.0 Å². The lowest BCUT2D eigenvalue weighted by molar-refractivity contribution is 0.777. The normalized spacial score (nSPS) is 26.4. The summed E-state index contributed by atoms with van der Waals surface area (Å²) in [5.41, 5.74) is 2.46. The molecule has 2 aliphatic rings. The molecule has 1 saturated heterocycles. The molecule has 25 heavy (non-hydrogen) atoms. The Kier molecular flexibility index (Phi) is 5.21. The summed E-state index contributed by atoms with van der Waals surface area (Å²) in [5.74, 6) is 0. The molecule has 2 aromatic rings. The lowest BCUT2D eigenvalue weighted by atomic mass is 10.2. The van der Waals surface area contributed by atoms with E-state index in [9.17, 15) is 0 Å². The number of hydrogen-bond donors (Lipinski definition) is 0. The van der Waals surface area contributed by atoms with Crippen LogP contribution in [0.4, 0.5) is 0 Å². The summed E-state index contributed by atoms with van der Waals surface area (Å²) in [6, 6.07) is 22.3. The van der Waals surface area contributed by atoms with E-state index in [-0.39, 0.29) is 7.92 Å². The Morgan fingerprint density at radius 2 is 1.32 bits per heavy atom. The van der Waals surface area contributed by atoms with Crippen molar-refractivity contribution < 1.29 is 0 Å². The summed E-state index contributed by atoms with van der Waals surface area (Å²) in [4.78, 5) is 0. The van der Waals surface area contributed by atoms with Gasteiger partial charge in [0, 0.05) is 5.66 Å². The quantitative estimate of drug-likeness (QED) is 0.584. The van der Waals surface area contributed by atoms with E-state index < -0.39 is 7.92 Å². The number of rotatable bonds is 4. The minimum atomic E-state index is -0.431. The second kappa shape index (κ2) is 7.57. The minimum Gasteiger partial charge on any atom is -0.0892 e. The van der Waals surface area contributed by atoms with Crippen molar-refractivity contribution in [3.63, 3.8) is 0 Å². The molecule has 0 saturated carbocycles. The monoisotopic (exact) mass is 364 g/mol. The number of hydrogen-bond acceptors (Lipinski definition) is 0. The summed E-state index contributed by atoms with van der Waals surface area (Å²) in [5, 5.41) is 4.65. The highest BCUT2D eigenvalue weighted by Gasteiger charge is 2.39. The topological polar surface area (TPSA) is 0 Å². The first-order valence-corrected chi connectivity index (χ1v) is 12.2. The zero-order chi connectivity index (χ0) is 17.2. The molecule has 1 unspecified atom stereocenters. The van der Waals surface area contributed by atoms with Crippen molar-refractivity contribution in [2.75, 3.05) is 0 Å². The van der Waals surface area contributed by atoms with Crippen molar-refractivity contribution in [3.05, 3.63) is 84.2 Å². The van der Waals surface area contributed by atoms with E-state index in [2.05, 4.69) is 92.7 Å². The van der Waals surface area contributed by atoms with Crippen LogP contribution in [0.2, 0.25) is 0 Å². The van der Waals surface area contributed by atoms with E-state index in [1.54, 1.807) is 5.31 Å². The maximum absolute atomic E-state index is 2.51. The second-order valence-electron chi connectivity index (χ2n) is 7.15. The van der Waals surface area contributed by atoms with Crippen LogP contribution in [0.1, 0.15) is 26.7 Å². The highest BCUT2D eigenvalue weighted by atomic mass is 31.1. The molecule has 2 heteroatoms. The maximum Gasteiger partial charge on any atom is 0.0239 e. The van der Waals surface area contributed by atoms with E-state index in [1.165, 1.54) is 23.5 Å². The third-order valence-corrected chi connectivity index (χ3v) is 11.9. The Morgan fingerprint density at radius 3 is 1.84 bits per heavy atom. The van der Waals surface area contributed by atoms with Gasteiger partial charge in [0.05, 0.1) is 0 Å². The lowest BCUT2D eigenvalue weighted by Gasteiger charge is -2.33. The smallest absolute Gasteiger partial charge is 0.0239 e. The lowest BCUT2D eigenvalue weighted by Crippen LogP contribution is -2.19. The van der Waals surface area contributed by atoms with Crippen molar-refractivity contribution in [2.24, 2.45) is 0 Å². The molecular weight excluding hydrogens is 338 g/mol.